The summed E-state index contributed by atoms with van der Waals surface area (Å²) < 4.78 is 16.1. The smallest absolute Gasteiger partial charge is 0.168 e. The van der Waals surface area contributed by atoms with Gasteiger partial charge in [-0.05, 0) is 46.3 Å². The molecule has 0 unspecified atom stereocenters. The molecule has 29 heavy (non-hydrogen) atoms. The van der Waals surface area contributed by atoms with E-state index in [1.807, 2.05) is 16.8 Å². The van der Waals surface area contributed by atoms with E-state index >= 15 is 0 Å². The average Bonchev–Trinajstić information content (AvgIpc) is 3.39. The number of anilines is 1. The lowest BCUT2D eigenvalue weighted by molar-refractivity contribution is 0.153. The van der Waals surface area contributed by atoms with Gasteiger partial charge in [0.1, 0.15) is 5.82 Å². The number of thiophene rings is 1. The Hall–Kier alpha value is -2.32. The van der Waals surface area contributed by atoms with Crippen molar-refractivity contribution in [1.29, 1.82) is 0 Å². The summed E-state index contributed by atoms with van der Waals surface area (Å²) in [4.78, 5) is 5.83. The van der Waals surface area contributed by atoms with Crippen LogP contribution in [-0.4, -0.2) is 51.3 Å². The molecule has 1 saturated heterocycles. The molecule has 0 bridgehead atoms. The molecule has 8 heteroatoms. The number of piperazine rings is 1. The van der Waals surface area contributed by atoms with Crippen molar-refractivity contribution >= 4 is 17.0 Å². The van der Waals surface area contributed by atoms with Crippen LogP contribution in [0.1, 0.15) is 37.0 Å². The number of benzene rings is 1. The highest BCUT2D eigenvalue weighted by molar-refractivity contribution is 7.09. The third kappa shape index (κ3) is 4.64. The van der Waals surface area contributed by atoms with Crippen LogP contribution in [0, 0.1) is 11.7 Å². The first kappa shape index (κ1) is 20.0. The molecule has 0 radical (unpaired) electrons. The van der Waals surface area contributed by atoms with Gasteiger partial charge in [0.15, 0.2) is 5.82 Å². The summed E-state index contributed by atoms with van der Waals surface area (Å²) in [6, 6.07) is 11.3. The zero-order valence-corrected chi connectivity index (χ0v) is 17.7. The maximum atomic E-state index is 14.2. The van der Waals surface area contributed by atoms with Crippen molar-refractivity contribution in [3.63, 3.8) is 0 Å². The van der Waals surface area contributed by atoms with Crippen LogP contribution in [0.5, 0.6) is 0 Å². The average molecular weight is 415 g/mol. The Balaban J connectivity index is 1.50. The molecule has 3 aromatic rings. The van der Waals surface area contributed by atoms with Gasteiger partial charge in [0.05, 0.1) is 18.3 Å². The lowest BCUT2D eigenvalue weighted by Gasteiger charge is -2.40. The second kappa shape index (κ2) is 9.00. The largest absolute Gasteiger partial charge is 0.367 e. The fraction of sp³-hybridized carbons (Fsp3) is 0.476. The maximum absolute atomic E-state index is 14.2. The number of tetrazole rings is 1. The molecular weight excluding hydrogens is 387 g/mol. The highest BCUT2D eigenvalue weighted by atomic mass is 32.1. The molecule has 154 valence electrons. The summed E-state index contributed by atoms with van der Waals surface area (Å²) in [6.07, 6.45) is 0.991. The van der Waals surface area contributed by atoms with Gasteiger partial charge < -0.3 is 4.90 Å². The molecule has 1 atom stereocenters. The number of hydrogen-bond donors (Lipinski definition) is 0. The van der Waals surface area contributed by atoms with Gasteiger partial charge in [-0.2, -0.15) is 0 Å². The minimum Gasteiger partial charge on any atom is -0.367 e. The van der Waals surface area contributed by atoms with Crippen molar-refractivity contribution in [2.24, 2.45) is 5.92 Å². The number of para-hydroxylation sites is 1. The van der Waals surface area contributed by atoms with E-state index in [0.717, 1.165) is 38.4 Å². The number of hydrogen-bond acceptors (Lipinski definition) is 6. The molecule has 1 aliphatic heterocycles. The molecular formula is C21H27FN6S. The summed E-state index contributed by atoms with van der Waals surface area (Å²) in [5.74, 6) is 1.29. The molecule has 1 fully saturated rings. The number of halogens is 1. The van der Waals surface area contributed by atoms with E-state index in [4.69, 9.17) is 0 Å². The maximum Gasteiger partial charge on any atom is 0.168 e. The molecule has 2 aromatic heterocycles. The summed E-state index contributed by atoms with van der Waals surface area (Å²) in [6.45, 7) is 8.47. The van der Waals surface area contributed by atoms with E-state index in [-0.39, 0.29) is 11.9 Å². The van der Waals surface area contributed by atoms with Gasteiger partial charge in [-0.3, -0.25) is 4.90 Å². The Bertz CT molecular complexity index is 902. The minimum atomic E-state index is -0.153. The molecule has 0 aliphatic carbocycles. The van der Waals surface area contributed by atoms with Crippen LogP contribution in [0.4, 0.5) is 10.1 Å². The predicted molar refractivity (Wildman–Crippen MR) is 114 cm³/mol. The first-order valence-electron chi connectivity index (χ1n) is 10.1. The third-order valence-electron chi connectivity index (χ3n) is 5.39. The normalized spacial score (nSPS) is 16.5. The van der Waals surface area contributed by atoms with E-state index in [9.17, 15) is 4.39 Å². The minimum absolute atomic E-state index is 0.153. The van der Waals surface area contributed by atoms with Gasteiger partial charge in [-0.1, -0.05) is 32.0 Å². The molecule has 1 aliphatic rings. The van der Waals surface area contributed by atoms with E-state index in [1.165, 1.54) is 10.9 Å². The zero-order chi connectivity index (χ0) is 20.2. The van der Waals surface area contributed by atoms with Crippen LogP contribution in [0.25, 0.3) is 0 Å². The highest BCUT2D eigenvalue weighted by Crippen LogP contribution is 2.29. The van der Waals surface area contributed by atoms with Crippen molar-refractivity contribution in [1.82, 2.24) is 25.1 Å². The fourth-order valence-electron chi connectivity index (χ4n) is 3.96. The Morgan fingerprint density at radius 1 is 1.07 bits per heavy atom. The predicted octanol–water partition coefficient (Wildman–Crippen LogP) is 3.83. The molecule has 4 rings (SSSR count). The number of aromatic nitrogens is 4. The molecule has 0 saturated carbocycles. The monoisotopic (exact) mass is 414 g/mol. The van der Waals surface area contributed by atoms with Gasteiger partial charge in [-0.25, -0.2) is 9.07 Å². The van der Waals surface area contributed by atoms with Crippen molar-refractivity contribution in [2.75, 3.05) is 31.1 Å². The van der Waals surface area contributed by atoms with Gasteiger partial charge in [-0.15, -0.1) is 16.4 Å². The highest BCUT2D eigenvalue weighted by Gasteiger charge is 2.30. The Labute approximate surface area is 174 Å². The van der Waals surface area contributed by atoms with Gasteiger partial charge in [0.25, 0.3) is 0 Å². The lowest BCUT2D eigenvalue weighted by atomic mass is 10.0. The zero-order valence-electron chi connectivity index (χ0n) is 16.9. The SMILES string of the molecule is CC(C)C[C@@H](c1nnnn1Cc1cccs1)N1CCN(c2ccccc2F)CC1. The Kier molecular flexibility index (Phi) is 6.20. The first-order valence-corrected chi connectivity index (χ1v) is 11.0. The van der Waals surface area contributed by atoms with Gasteiger partial charge in [0.2, 0.25) is 0 Å². The van der Waals surface area contributed by atoms with Crippen molar-refractivity contribution in [3.8, 4) is 0 Å². The summed E-state index contributed by atoms with van der Waals surface area (Å²) in [7, 11) is 0. The number of rotatable bonds is 7. The second-order valence-electron chi connectivity index (χ2n) is 7.89. The quantitative estimate of drug-likeness (QED) is 0.588. The van der Waals surface area contributed by atoms with Crippen LogP contribution in [0.2, 0.25) is 0 Å². The van der Waals surface area contributed by atoms with Gasteiger partial charge >= 0.3 is 0 Å². The Morgan fingerprint density at radius 2 is 1.86 bits per heavy atom. The summed E-state index contributed by atoms with van der Waals surface area (Å²) >= 11 is 1.72. The molecule has 0 spiro atoms. The molecule has 1 aromatic carbocycles. The van der Waals surface area contributed by atoms with E-state index < -0.39 is 0 Å². The van der Waals surface area contributed by atoms with Crippen LogP contribution in [0.15, 0.2) is 41.8 Å². The lowest BCUT2D eigenvalue weighted by Crippen LogP contribution is -2.48. The van der Waals surface area contributed by atoms with E-state index in [2.05, 4.69) is 56.7 Å². The fourth-order valence-corrected chi connectivity index (χ4v) is 4.65. The summed E-state index contributed by atoms with van der Waals surface area (Å²) in [5, 5.41) is 14.7. The third-order valence-corrected chi connectivity index (χ3v) is 6.25. The van der Waals surface area contributed by atoms with E-state index in [1.54, 1.807) is 17.4 Å². The molecule has 6 nitrogen and oxygen atoms in total. The van der Waals surface area contributed by atoms with Crippen LogP contribution < -0.4 is 4.90 Å². The molecule has 0 N–H and O–H groups in total. The van der Waals surface area contributed by atoms with Crippen LogP contribution >= 0.6 is 11.3 Å². The topological polar surface area (TPSA) is 50.1 Å². The summed E-state index contributed by atoms with van der Waals surface area (Å²) in [5.41, 5.74) is 0.690. The second-order valence-corrected chi connectivity index (χ2v) is 8.93. The first-order chi connectivity index (χ1) is 14.1. The van der Waals surface area contributed by atoms with E-state index in [0.29, 0.717) is 18.2 Å². The number of nitrogens with zero attached hydrogens (tertiary/aromatic N) is 6. The van der Waals surface area contributed by atoms with Crippen LogP contribution in [0.3, 0.4) is 0 Å². The van der Waals surface area contributed by atoms with Crippen molar-refractivity contribution < 1.29 is 4.39 Å². The van der Waals surface area contributed by atoms with Crippen molar-refractivity contribution in [3.05, 3.63) is 58.3 Å². The Morgan fingerprint density at radius 3 is 2.55 bits per heavy atom. The molecule has 0 amide bonds. The van der Waals surface area contributed by atoms with Gasteiger partial charge in [0, 0.05) is 31.1 Å². The standard InChI is InChI=1S/C21H27FN6S/c1-16(2)14-20(21-23-24-25-28(21)15-17-6-5-13-29-17)27-11-9-26(10-12-27)19-8-4-3-7-18(19)22/h3-8,13,16,20H,9-12,14-15H2,1-2H3/t20-/m0/s1. The van der Waals surface area contributed by atoms with Crippen molar-refractivity contribution in [2.45, 2.75) is 32.9 Å². The molecule has 3 heterocycles. The van der Waals surface area contributed by atoms with Crippen LogP contribution in [-0.2, 0) is 6.54 Å².